The Kier molecular flexibility index (Phi) is 8.41. The number of rotatable bonds is 10. The highest BCUT2D eigenvalue weighted by atomic mass is 19.1. The zero-order valence-electron chi connectivity index (χ0n) is 14.9. The standard InChI is InChI=1S/C18H24FN3O4/c1-3-14(24)7-8-15(17(20)25)22-18(26)16(21-11(2)23)10-12-5-4-6-13(19)9-12/h4-6,9,15-16H,3,7-8,10H2,1-2H3,(H2,20,25)(H,21,23)(H,22,26)/t15-,16-/m0/s1. The van der Waals surface area contributed by atoms with Crippen LogP contribution in [0.5, 0.6) is 0 Å². The molecule has 0 unspecified atom stereocenters. The van der Waals surface area contributed by atoms with Crippen molar-refractivity contribution in [2.45, 2.75) is 51.6 Å². The van der Waals surface area contributed by atoms with Crippen LogP contribution in [0.4, 0.5) is 4.39 Å². The molecule has 0 fully saturated rings. The van der Waals surface area contributed by atoms with Crippen molar-refractivity contribution in [3.8, 4) is 0 Å². The molecule has 0 radical (unpaired) electrons. The molecule has 0 heterocycles. The Balaban J connectivity index is 2.83. The van der Waals surface area contributed by atoms with Crippen LogP contribution in [-0.4, -0.2) is 35.6 Å². The molecule has 0 spiro atoms. The molecule has 0 saturated heterocycles. The topological polar surface area (TPSA) is 118 Å². The van der Waals surface area contributed by atoms with Crippen LogP contribution in [-0.2, 0) is 25.6 Å². The van der Waals surface area contributed by atoms with E-state index in [-0.39, 0.29) is 25.0 Å². The Bertz CT molecular complexity index is 678. The van der Waals surface area contributed by atoms with Gasteiger partial charge in [0.15, 0.2) is 0 Å². The van der Waals surface area contributed by atoms with Gasteiger partial charge in [0.05, 0.1) is 0 Å². The van der Waals surface area contributed by atoms with Gasteiger partial charge in [0, 0.05) is 26.2 Å². The Labute approximate surface area is 151 Å². The predicted molar refractivity (Wildman–Crippen MR) is 93.4 cm³/mol. The first-order valence-corrected chi connectivity index (χ1v) is 8.35. The zero-order chi connectivity index (χ0) is 19.7. The highest BCUT2D eigenvalue weighted by Gasteiger charge is 2.25. The first kappa shape index (κ1) is 21.3. The molecular formula is C18H24FN3O4. The largest absolute Gasteiger partial charge is 0.368 e. The quantitative estimate of drug-likeness (QED) is 0.563. The van der Waals surface area contributed by atoms with Gasteiger partial charge in [-0.15, -0.1) is 0 Å². The third-order valence-electron chi connectivity index (χ3n) is 3.79. The summed E-state index contributed by atoms with van der Waals surface area (Å²) in [5, 5.41) is 4.94. The van der Waals surface area contributed by atoms with Gasteiger partial charge in [-0.1, -0.05) is 19.1 Å². The van der Waals surface area contributed by atoms with E-state index < -0.39 is 35.6 Å². The Morgan fingerprint density at radius 3 is 2.38 bits per heavy atom. The lowest BCUT2D eigenvalue weighted by Crippen LogP contribution is -2.53. The summed E-state index contributed by atoms with van der Waals surface area (Å²) in [5.74, 6) is -2.36. The molecule has 0 bridgehead atoms. The summed E-state index contributed by atoms with van der Waals surface area (Å²) in [4.78, 5) is 46.8. The van der Waals surface area contributed by atoms with Crippen LogP contribution in [0.15, 0.2) is 24.3 Å². The van der Waals surface area contributed by atoms with Gasteiger partial charge in [-0.05, 0) is 24.1 Å². The van der Waals surface area contributed by atoms with E-state index in [0.29, 0.717) is 12.0 Å². The number of ketones is 1. The summed E-state index contributed by atoms with van der Waals surface area (Å²) in [7, 11) is 0. The van der Waals surface area contributed by atoms with Crippen LogP contribution >= 0.6 is 0 Å². The SMILES string of the molecule is CCC(=O)CC[C@H](NC(=O)[C@H](Cc1cccc(F)c1)NC(C)=O)C(N)=O. The van der Waals surface area contributed by atoms with E-state index in [1.54, 1.807) is 13.0 Å². The van der Waals surface area contributed by atoms with Crippen LogP contribution in [0.3, 0.4) is 0 Å². The van der Waals surface area contributed by atoms with Crippen molar-refractivity contribution in [1.82, 2.24) is 10.6 Å². The Morgan fingerprint density at radius 2 is 1.85 bits per heavy atom. The van der Waals surface area contributed by atoms with Gasteiger partial charge in [-0.25, -0.2) is 4.39 Å². The minimum Gasteiger partial charge on any atom is -0.368 e. The number of Topliss-reactive ketones (excluding diaryl/α,β-unsaturated/α-hetero) is 1. The van der Waals surface area contributed by atoms with Crippen LogP contribution < -0.4 is 16.4 Å². The second kappa shape index (κ2) is 10.3. The number of hydrogen-bond donors (Lipinski definition) is 3. The number of nitrogens with two attached hydrogens (primary N) is 1. The van der Waals surface area contributed by atoms with E-state index in [2.05, 4.69) is 10.6 Å². The molecule has 4 N–H and O–H groups in total. The number of amides is 3. The van der Waals surface area contributed by atoms with Crippen molar-refractivity contribution < 1.29 is 23.6 Å². The first-order valence-electron chi connectivity index (χ1n) is 8.35. The highest BCUT2D eigenvalue weighted by molar-refractivity contribution is 5.91. The molecule has 0 aromatic heterocycles. The number of carbonyl (C=O) groups excluding carboxylic acids is 4. The predicted octanol–water partition coefficient (Wildman–Crippen LogP) is 0.602. The Morgan fingerprint density at radius 1 is 1.15 bits per heavy atom. The molecule has 8 heteroatoms. The first-order chi connectivity index (χ1) is 12.2. The number of nitrogens with one attached hydrogen (secondary N) is 2. The van der Waals surface area contributed by atoms with Crippen molar-refractivity contribution in [1.29, 1.82) is 0 Å². The molecule has 1 aromatic rings. The monoisotopic (exact) mass is 365 g/mol. The molecule has 2 atom stereocenters. The van der Waals surface area contributed by atoms with Crippen molar-refractivity contribution in [3.05, 3.63) is 35.6 Å². The fourth-order valence-electron chi connectivity index (χ4n) is 2.39. The van der Waals surface area contributed by atoms with Gasteiger partial charge in [-0.3, -0.25) is 19.2 Å². The minimum absolute atomic E-state index is 0.0442. The lowest BCUT2D eigenvalue weighted by molar-refractivity contribution is -0.131. The van der Waals surface area contributed by atoms with E-state index in [1.807, 2.05) is 0 Å². The summed E-state index contributed by atoms with van der Waals surface area (Å²) in [5.41, 5.74) is 5.79. The van der Waals surface area contributed by atoms with E-state index in [0.717, 1.165) is 0 Å². The normalized spacial score (nSPS) is 12.7. The molecule has 26 heavy (non-hydrogen) atoms. The van der Waals surface area contributed by atoms with Gasteiger partial charge < -0.3 is 16.4 Å². The third-order valence-corrected chi connectivity index (χ3v) is 3.79. The van der Waals surface area contributed by atoms with Crippen LogP contribution in [0.1, 0.15) is 38.7 Å². The lowest BCUT2D eigenvalue weighted by Gasteiger charge is -2.21. The number of primary amides is 1. The van der Waals surface area contributed by atoms with E-state index in [4.69, 9.17) is 5.73 Å². The highest BCUT2D eigenvalue weighted by Crippen LogP contribution is 2.08. The van der Waals surface area contributed by atoms with Gasteiger partial charge in [-0.2, -0.15) is 0 Å². The average Bonchev–Trinajstić information content (AvgIpc) is 2.56. The number of carbonyl (C=O) groups is 4. The maximum Gasteiger partial charge on any atom is 0.243 e. The molecule has 0 aliphatic carbocycles. The lowest BCUT2D eigenvalue weighted by atomic mass is 10.0. The Hall–Kier alpha value is -2.77. The molecular weight excluding hydrogens is 341 g/mol. The maximum absolute atomic E-state index is 13.3. The minimum atomic E-state index is -1.03. The number of benzene rings is 1. The molecule has 142 valence electrons. The van der Waals surface area contributed by atoms with Gasteiger partial charge in [0.1, 0.15) is 23.7 Å². The van der Waals surface area contributed by atoms with Crippen molar-refractivity contribution >= 4 is 23.5 Å². The van der Waals surface area contributed by atoms with Crippen molar-refractivity contribution in [2.75, 3.05) is 0 Å². The summed E-state index contributed by atoms with van der Waals surface area (Å²) >= 11 is 0. The maximum atomic E-state index is 13.3. The molecule has 1 aromatic carbocycles. The number of hydrogen-bond acceptors (Lipinski definition) is 4. The second-order valence-corrected chi connectivity index (χ2v) is 5.98. The second-order valence-electron chi connectivity index (χ2n) is 5.98. The molecule has 1 rings (SSSR count). The van der Waals surface area contributed by atoms with Crippen molar-refractivity contribution in [3.63, 3.8) is 0 Å². The summed E-state index contributed by atoms with van der Waals surface area (Å²) < 4.78 is 13.3. The van der Waals surface area contributed by atoms with Crippen molar-refractivity contribution in [2.24, 2.45) is 5.73 Å². The smallest absolute Gasteiger partial charge is 0.243 e. The average molecular weight is 365 g/mol. The van der Waals surface area contributed by atoms with E-state index >= 15 is 0 Å². The van der Waals surface area contributed by atoms with Crippen LogP contribution in [0.25, 0.3) is 0 Å². The molecule has 3 amide bonds. The van der Waals surface area contributed by atoms with Crippen LogP contribution in [0, 0.1) is 5.82 Å². The van der Waals surface area contributed by atoms with E-state index in [1.165, 1.54) is 25.1 Å². The summed E-state index contributed by atoms with van der Waals surface area (Å²) in [6.45, 7) is 2.95. The fourth-order valence-corrected chi connectivity index (χ4v) is 2.39. The zero-order valence-corrected chi connectivity index (χ0v) is 14.9. The molecule has 0 saturated carbocycles. The molecule has 7 nitrogen and oxygen atoms in total. The summed E-state index contributed by atoms with van der Waals surface area (Å²) in [6.07, 6.45) is 0.565. The molecule has 0 aliphatic heterocycles. The number of halogens is 1. The molecule has 0 aliphatic rings. The fraction of sp³-hybridized carbons (Fsp3) is 0.444. The van der Waals surface area contributed by atoms with Gasteiger partial charge in [0.2, 0.25) is 17.7 Å². The van der Waals surface area contributed by atoms with Gasteiger partial charge in [0.25, 0.3) is 0 Å². The van der Waals surface area contributed by atoms with Crippen LogP contribution in [0.2, 0.25) is 0 Å². The summed E-state index contributed by atoms with van der Waals surface area (Å²) in [6, 6.07) is 3.62. The third kappa shape index (κ3) is 7.42. The van der Waals surface area contributed by atoms with Gasteiger partial charge >= 0.3 is 0 Å². The van der Waals surface area contributed by atoms with E-state index in [9.17, 15) is 23.6 Å².